The van der Waals surface area contributed by atoms with Gasteiger partial charge in [0, 0.05) is 69.3 Å². The van der Waals surface area contributed by atoms with Crippen LogP contribution in [0.5, 0.6) is 5.75 Å². The van der Waals surface area contributed by atoms with Crippen molar-refractivity contribution in [1.29, 1.82) is 0 Å². The van der Waals surface area contributed by atoms with Crippen molar-refractivity contribution in [3.05, 3.63) is 125 Å². The van der Waals surface area contributed by atoms with Crippen LogP contribution in [0.15, 0.2) is 91.0 Å². The van der Waals surface area contributed by atoms with Gasteiger partial charge in [-0.2, -0.15) is 5.10 Å². The van der Waals surface area contributed by atoms with Gasteiger partial charge in [-0.3, -0.25) is 34.6 Å². The van der Waals surface area contributed by atoms with Gasteiger partial charge in [0.15, 0.2) is 10.8 Å². The molecule has 0 aliphatic carbocycles. The summed E-state index contributed by atoms with van der Waals surface area (Å²) < 4.78 is 9.18. The number of nitrogens with zero attached hydrogens (tertiary/aromatic N) is 7. The van der Waals surface area contributed by atoms with E-state index in [2.05, 4.69) is 31.5 Å². The first-order valence-electron chi connectivity index (χ1n) is 24.4. The highest BCUT2D eigenvalue weighted by molar-refractivity contribution is 7.22. The predicted octanol–water partition coefficient (Wildman–Crippen LogP) is 8.74. The normalized spacial score (nSPS) is 16.4. The molecule has 1 unspecified atom stereocenters. The van der Waals surface area contributed by atoms with Gasteiger partial charge >= 0.3 is 5.97 Å². The summed E-state index contributed by atoms with van der Waals surface area (Å²) >= 11 is 1.43. The van der Waals surface area contributed by atoms with Crippen molar-refractivity contribution in [2.45, 2.75) is 70.8 Å². The number of thiazole rings is 1. The molecule has 2 fully saturated rings. The topological polar surface area (TPSA) is 175 Å². The number of hydrogen-bond acceptors (Lipinski definition) is 12. The van der Waals surface area contributed by atoms with E-state index in [4.69, 9.17) is 14.8 Å². The van der Waals surface area contributed by atoms with Crippen LogP contribution in [0.4, 0.5) is 16.6 Å². The van der Waals surface area contributed by atoms with Gasteiger partial charge in [0.1, 0.15) is 11.6 Å². The van der Waals surface area contributed by atoms with Gasteiger partial charge in [0.2, 0.25) is 11.8 Å². The van der Waals surface area contributed by atoms with Gasteiger partial charge in [-0.1, -0.05) is 79.1 Å². The van der Waals surface area contributed by atoms with Gasteiger partial charge < -0.3 is 19.6 Å². The summed E-state index contributed by atoms with van der Waals surface area (Å²) in [6, 6.07) is 29.2. The number of hydrogen-bond donors (Lipinski definition) is 3. The predicted molar refractivity (Wildman–Crippen MR) is 273 cm³/mol. The SMILES string of the molecule is Cc1c(OCCCCCCCN2CCN(c3cccc4c(C5CCC(=O)NC5=O)nn(C)c34)CC2)cccc1-c1ccc(N2CCc3cccc(C(=O)Nc4nc5ccccc5s4)c3C2)nc1C(=O)O. The van der Waals surface area contributed by atoms with Crippen LogP contribution < -0.4 is 25.2 Å². The Hall–Kier alpha value is -7.17. The summed E-state index contributed by atoms with van der Waals surface area (Å²) in [4.78, 5) is 67.2. The minimum Gasteiger partial charge on any atom is -0.493 e. The van der Waals surface area contributed by atoms with Crippen molar-refractivity contribution in [2.24, 2.45) is 7.05 Å². The van der Waals surface area contributed by atoms with Crippen LogP contribution in [0.3, 0.4) is 0 Å². The fraction of sp³-hybridized carbons (Fsp3) is 0.352. The molecule has 3 amide bonds. The number of pyridine rings is 1. The number of piperidine rings is 1. The van der Waals surface area contributed by atoms with Crippen molar-refractivity contribution >= 4 is 72.8 Å². The third kappa shape index (κ3) is 9.70. The van der Waals surface area contributed by atoms with Gasteiger partial charge in [0.25, 0.3) is 5.91 Å². The summed E-state index contributed by atoms with van der Waals surface area (Å²) in [5.41, 5.74) is 8.41. The number of anilines is 3. The van der Waals surface area contributed by atoms with Crippen LogP contribution in [-0.2, 0) is 29.6 Å². The molecule has 7 aromatic rings. The fourth-order valence-corrected chi connectivity index (χ4v) is 11.2. The number of carboxylic acids is 1. The van der Waals surface area contributed by atoms with E-state index < -0.39 is 11.9 Å². The molecule has 360 valence electrons. The van der Waals surface area contributed by atoms with Crippen LogP contribution >= 0.6 is 11.3 Å². The third-order valence-electron chi connectivity index (χ3n) is 14.0. The molecule has 15 nitrogen and oxygen atoms in total. The average Bonchev–Trinajstić information content (AvgIpc) is 3.94. The fourth-order valence-electron chi connectivity index (χ4n) is 10.3. The number of carbonyl (C=O) groups excluding carboxylic acids is 3. The highest BCUT2D eigenvalue weighted by Gasteiger charge is 2.33. The van der Waals surface area contributed by atoms with Crippen molar-refractivity contribution in [3.8, 4) is 16.9 Å². The quantitative estimate of drug-likeness (QED) is 0.0622. The molecule has 3 N–H and O–H groups in total. The molecule has 3 aliphatic rings. The smallest absolute Gasteiger partial charge is 0.355 e. The summed E-state index contributed by atoms with van der Waals surface area (Å²) in [6.07, 6.45) is 6.90. The number of imide groups is 1. The molecule has 1 atom stereocenters. The van der Waals surface area contributed by atoms with E-state index in [1.807, 2.05) is 108 Å². The number of aromatic carboxylic acids is 1. The lowest BCUT2D eigenvalue weighted by molar-refractivity contribution is -0.134. The number of fused-ring (bicyclic) bond motifs is 3. The maximum absolute atomic E-state index is 13.6. The maximum Gasteiger partial charge on any atom is 0.355 e. The molecule has 0 spiro atoms. The summed E-state index contributed by atoms with van der Waals surface area (Å²) in [5, 5.41) is 22.2. The highest BCUT2D eigenvalue weighted by atomic mass is 32.1. The number of para-hydroxylation sites is 2. The molecule has 10 rings (SSSR count). The number of rotatable bonds is 16. The van der Waals surface area contributed by atoms with E-state index in [9.17, 15) is 24.3 Å². The molecule has 0 bridgehead atoms. The number of ether oxygens (including phenoxy) is 1. The number of aromatic nitrogens is 4. The highest BCUT2D eigenvalue weighted by Crippen LogP contribution is 2.37. The zero-order valence-corrected chi connectivity index (χ0v) is 40.4. The van der Waals surface area contributed by atoms with Gasteiger partial charge in [-0.25, -0.2) is 14.8 Å². The molecular formula is C54H57N9O6S. The molecule has 6 heterocycles. The van der Waals surface area contributed by atoms with Crippen LogP contribution in [0, 0.1) is 6.92 Å². The molecule has 0 saturated carbocycles. The van der Waals surface area contributed by atoms with Gasteiger partial charge in [0.05, 0.1) is 39.6 Å². The zero-order valence-electron chi connectivity index (χ0n) is 39.6. The number of nitrogens with one attached hydrogen (secondary N) is 2. The number of carboxylic acid groups (broad SMARTS) is 1. The standard InChI is InChI=1S/C54H57N9O6S/c1-34-36(37-21-23-46(56-49(37)53(67)68)63-27-25-35-13-10-15-38(41(35)33-63)51(65)58-54-55-42-17-6-7-20-45(42)70-54)14-12-19-44(34)69-32-9-5-3-4-8-26-61-28-30-62(31-29-61)43-18-11-16-39-48(59-60(2)50(39)43)40-22-24-47(64)57-52(40)66/h6-7,10-21,23,40H,3-5,8-9,22,24-33H2,1-2H3,(H,67,68)(H,55,58,65)(H,57,64,66). The molecule has 0 radical (unpaired) electrons. The molecule has 4 aromatic carbocycles. The summed E-state index contributed by atoms with van der Waals surface area (Å²) in [7, 11) is 1.93. The van der Waals surface area contributed by atoms with E-state index in [0.29, 0.717) is 61.0 Å². The second-order valence-corrected chi connectivity index (χ2v) is 19.5. The Morgan fingerprint density at radius 1 is 0.829 bits per heavy atom. The molecule has 3 aromatic heterocycles. The van der Waals surface area contributed by atoms with Crippen molar-refractivity contribution < 1.29 is 29.0 Å². The third-order valence-corrected chi connectivity index (χ3v) is 15.0. The maximum atomic E-state index is 13.6. The number of unbranched alkanes of at least 4 members (excludes halogenated alkanes) is 4. The van der Waals surface area contributed by atoms with Gasteiger partial charge in [-0.05, 0) is 104 Å². The number of piperazine rings is 1. The van der Waals surface area contributed by atoms with Crippen molar-refractivity contribution in [1.82, 2.24) is 30.0 Å². The van der Waals surface area contributed by atoms with E-state index in [0.717, 1.165) is 125 Å². The second kappa shape index (κ2) is 20.4. The monoisotopic (exact) mass is 959 g/mol. The Morgan fingerprint density at radius 3 is 2.46 bits per heavy atom. The Labute approximate surface area is 410 Å². The number of benzene rings is 4. The number of carbonyl (C=O) groups is 4. The Kier molecular flexibility index (Phi) is 13.6. The minimum absolute atomic E-state index is 0.0308. The Balaban J connectivity index is 0.689. The molecular weight excluding hydrogens is 903 g/mol. The van der Waals surface area contributed by atoms with E-state index in [-0.39, 0.29) is 23.4 Å². The zero-order chi connectivity index (χ0) is 48.3. The van der Waals surface area contributed by atoms with Crippen molar-refractivity contribution in [3.63, 3.8) is 0 Å². The Morgan fingerprint density at radius 2 is 1.63 bits per heavy atom. The molecule has 2 saturated heterocycles. The lowest BCUT2D eigenvalue weighted by Gasteiger charge is -2.36. The first-order chi connectivity index (χ1) is 34.1. The lowest BCUT2D eigenvalue weighted by Crippen LogP contribution is -2.46. The van der Waals surface area contributed by atoms with E-state index >= 15 is 0 Å². The summed E-state index contributed by atoms with van der Waals surface area (Å²) in [6.45, 7) is 8.45. The van der Waals surface area contributed by atoms with Crippen LogP contribution in [0.1, 0.15) is 94.1 Å². The first-order valence-corrected chi connectivity index (χ1v) is 25.2. The Bertz CT molecular complexity index is 3090. The van der Waals surface area contributed by atoms with Crippen LogP contribution in [0.2, 0.25) is 0 Å². The molecule has 3 aliphatic heterocycles. The lowest BCUT2D eigenvalue weighted by atomic mass is 9.92. The van der Waals surface area contributed by atoms with E-state index in [1.165, 1.54) is 11.3 Å². The van der Waals surface area contributed by atoms with Crippen molar-refractivity contribution in [2.75, 3.05) is 61.0 Å². The van der Waals surface area contributed by atoms with Gasteiger partial charge in [-0.15, -0.1) is 0 Å². The minimum atomic E-state index is -1.11. The first kappa shape index (κ1) is 46.6. The molecule has 16 heteroatoms. The number of aryl methyl sites for hydroxylation is 1. The second-order valence-electron chi connectivity index (χ2n) is 18.5. The number of amides is 3. The van der Waals surface area contributed by atoms with Crippen LogP contribution in [-0.4, -0.2) is 99.3 Å². The average molecular weight is 960 g/mol. The molecule has 70 heavy (non-hydrogen) atoms. The largest absolute Gasteiger partial charge is 0.493 e. The van der Waals surface area contributed by atoms with Crippen LogP contribution in [0.25, 0.3) is 32.2 Å². The van der Waals surface area contributed by atoms with E-state index in [1.54, 1.807) is 0 Å². The summed E-state index contributed by atoms with van der Waals surface area (Å²) in [5.74, 6) is -0.970.